The molecule has 0 bridgehead atoms. The number of fused-ring (bicyclic) bond motifs is 6. The maximum Gasteiger partial charge on any atom is 3.00 e. The van der Waals surface area contributed by atoms with Gasteiger partial charge in [-0.1, -0.05) is 76.9 Å². The fraction of sp³-hybridized carbons (Fsp3) is 0.158. The van der Waals surface area contributed by atoms with Crippen molar-refractivity contribution < 1.29 is 24.7 Å². The van der Waals surface area contributed by atoms with Crippen LogP contribution in [0.1, 0.15) is 36.6 Å². The van der Waals surface area contributed by atoms with E-state index in [9.17, 15) is 0 Å². The first-order valence-corrected chi connectivity index (χ1v) is 14.4. The van der Waals surface area contributed by atoms with Gasteiger partial charge < -0.3 is 18.5 Å². The maximum absolute atomic E-state index is 4.41. The monoisotopic (exact) mass is 737 g/mol. The van der Waals surface area contributed by atoms with Crippen LogP contribution in [0.25, 0.3) is 55.0 Å². The van der Waals surface area contributed by atoms with Crippen LogP contribution in [-0.4, -0.2) is 14.0 Å². The average molecular weight is 737 g/mol. The Balaban J connectivity index is 0.000000176. The molecule has 8 rings (SSSR count). The summed E-state index contributed by atoms with van der Waals surface area (Å²) in [5, 5.41) is 5.11. The zero-order valence-electron chi connectivity index (χ0n) is 24.9. The summed E-state index contributed by atoms with van der Waals surface area (Å²) in [4.78, 5) is 4.41. The molecule has 0 N–H and O–H groups in total. The Labute approximate surface area is 265 Å². The summed E-state index contributed by atoms with van der Waals surface area (Å²) in [5.74, 6) is 0. The molecule has 0 atom stereocenters. The summed E-state index contributed by atoms with van der Waals surface area (Å²) in [5.41, 5.74) is 10.6. The topological polar surface area (TPSA) is 26.1 Å². The van der Waals surface area contributed by atoms with Gasteiger partial charge in [-0.25, -0.2) is 0 Å². The molecule has 0 aliphatic carbocycles. The van der Waals surface area contributed by atoms with Crippen LogP contribution in [0.4, 0.5) is 0 Å². The van der Waals surface area contributed by atoms with Crippen molar-refractivity contribution in [2.45, 2.75) is 40.7 Å². The zero-order valence-corrected chi connectivity index (χ0v) is 27.3. The van der Waals surface area contributed by atoms with Crippen molar-refractivity contribution in [3.8, 4) is 16.9 Å². The number of hydrogen-bond donors (Lipinski definition) is 0. The van der Waals surface area contributed by atoms with Gasteiger partial charge in [0.15, 0.2) is 0 Å². The minimum absolute atomic E-state index is 0. The number of aryl methyl sites for hydroxylation is 3. The van der Waals surface area contributed by atoms with Crippen LogP contribution in [0.2, 0.25) is 0 Å². The van der Waals surface area contributed by atoms with E-state index in [4.69, 9.17) is 0 Å². The Hall–Kier alpha value is -4.31. The molecule has 0 fully saturated rings. The van der Waals surface area contributed by atoms with Crippen molar-refractivity contribution in [3.63, 3.8) is 0 Å². The van der Waals surface area contributed by atoms with Crippen LogP contribution in [0.15, 0.2) is 97.5 Å². The molecule has 4 nitrogen and oxygen atoms in total. The number of rotatable bonds is 3. The Morgan fingerprint density at radius 3 is 2.35 bits per heavy atom. The third kappa shape index (κ3) is 4.93. The number of nitrogens with zero attached hydrogens (tertiary/aromatic N) is 4. The van der Waals surface area contributed by atoms with Crippen molar-refractivity contribution in [2.75, 3.05) is 0 Å². The van der Waals surface area contributed by atoms with Crippen LogP contribution in [0, 0.1) is 39.2 Å². The summed E-state index contributed by atoms with van der Waals surface area (Å²) in [7, 11) is 0. The molecule has 0 aliphatic rings. The first-order chi connectivity index (χ1) is 20.4. The standard InChI is InChI=1S/C24H18N3.C14H14N.Ir/c1-16(2)25-13-14-26(15-25)21-11-6-12-22-23(21)19-9-5-8-18-17-7-3-4-10-20(17)27(22)24(18)19;1-10-4-6-13(7-5-10)14-8-11(2)12(3)9-15-14;/h3-10,12-14,16H,1-2H3;4-6,8-9H,1-3H3;/q2*-1;+3. The molecule has 4 aromatic heterocycles. The van der Waals surface area contributed by atoms with Crippen molar-refractivity contribution in [1.82, 2.24) is 14.0 Å². The van der Waals surface area contributed by atoms with Crippen LogP contribution < -0.4 is 4.57 Å². The molecular formula is C38H32IrN4+. The molecule has 0 spiro atoms. The SMILES string of the molecule is CC(C)[n+]1[c-]n(-c2[c-]ccc3c2c2cccc4c5ccccc5n3c42)cc1.Cc1c[c-]c(-c2cc(C)c(C)cn2)cc1.[Ir+3]. The summed E-state index contributed by atoms with van der Waals surface area (Å²) in [6, 6.07) is 34.8. The molecule has 0 amide bonds. The van der Waals surface area contributed by atoms with Crippen LogP contribution in [0.3, 0.4) is 0 Å². The normalized spacial score (nSPS) is 11.4. The predicted molar refractivity (Wildman–Crippen MR) is 171 cm³/mol. The van der Waals surface area contributed by atoms with Crippen LogP contribution in [-0.2, 0) is 20.1 Å². The van der Waals surface area contributed by atoms with Gasteiger partial charge in [-0.3, -0.25) is 0 Å². The first kappa shape index (κ1) is 28.8. The summed E-state index contributed by atoms with van der Waals surface area (Å²) >= 11 is 0. The fourth-order valence-corrected chi connectivity index (χ4v) is 5.76. The van der Waals surface area contributed by atoms with Crippen molar-refractivity contribution in [2.24, 2.45) is 0 Å². The van der Waals surface area contributed by atoms with E-state index in [1.54, 1.807) is 0 Å². The van der Waals surface area contributed by atoms with E-state index in [1.165, 1.54) is 54.8 Å². The third-order valence-corrected chi connectivity index (χ3v) is 8.17. The van der Waals surface area contributed by atoms with E-state index in [1.807, 2.05) is 18.3 Å². The second kappa shape index (κ2) is 11.4. The number of benzene rings is 4. The molecule has 0 saturated heterocycles. The van der Waals surface area contributed by atoms with Gasteiger partial charge in [-0.05, 0) is 45.0 Å². The number of aromatic nitrogens is 4. The minimum Gasteiger partial charge on any atom is -0.348 e. The van der Waals surface area contributed by atoms with E-state index >= 15 is 0 Å². The molecule has 4 aromatic carbocycles. The van der Waals surface area contributed by atoms with Gasteiger partial charge >= 0.3 is 20.1 Å². The Kier molecular flexibility index (Phi) is 7.64. The smallest absolute Gasteiger partial charge is 0.348 e. The Morgan fingerprint density at radius 2 is 1.60 bits per heavy atom. The van der Waals surface area contributed by atoms with Crippen LogP contribution in [0.5, 0.6) is 0 Å². The quantitative estimate of drug-likeness (QED) is 0.132. The van der Waals surface area contributed by atoms with Crippen molar-refractivity contribution in [1.29, 1.82) is 0 Å². The molecule has 0 aliphatic heterocycles. The average Bonchev–Trinajstić information content (AvgIpc) is 3.72. The first-order valence-electron chi connectivity index (χ1n) is 14.4. The second-order valence-electron chi connectivity index (χ2n) is 11.3. The Bertz CT molecular complexity index is 2200. The van der Waals surface area contributed by atoms with E-state index in [2.05, 4.69) is 151 Å². The van der Waals surface area contributed by atoms with Gasteiger partial charge in [-0.15, -0.1) is 41.5 Å². The van der Waals surface area contributed by atoms with Crippen molar-refractivity contribution in [3.05, 3.63) is 133 Å². The van der Waals surface area contributed by atoms with Gasteiger partial charge in [0.25, 0.3) is 0 Å². The van der Waals surface area contributed by atoms with E-state index in [0.29, 0.717) is 6.04 Å². The third-order valence-electron chi connectivity index (χ3n) is 8.17. The van der Waals surface area contributed by atoms with Gasteiger partial charge in [0, 0.05) is 34.9 Å². The number of para-hydroxylation sites is 2. The molecule has 8 aromatic rings. The molecule has 0 unspecified atom stereocenters. The van der Waals surface area contributed by atoms with Gasteiger partial charge in [-0.2, -0.15) is 12.1 Å². The summed E-state index contributed by atoms with van der Waals surface area (Å²) < 4.78 is 6.55. The fourth-order valence-electron chi connectivity index (χ4n) is 5.76. The zero-order chi connectivity index (χ0) is 29.0. The van der Waals surface area contributed by atoms with E-state index in [-0.39, 0.29) is 20.1 Å². The maximum atomic E-state index is 4.41. The minimum atomic E-state index is 0. The van der Waals surface area contributed by atoms with Crippen molar-refractivity contribution >= 4 is 38.1 Å². The summed E-state index contributed by atoms with van der Waals surface area (Å²) in [6.45, 7) is 10.6. The van der Waals surface area contributed by atoms with Crippen LogP contribution >= 0.6 is 0 Å². The molecule has 0 saturated carbocycles. The second-order valence-corrected chi connectivity index (χ2v) is 11.3. The number of imidazole rings is 1. The molecular weight excluding hydrogens is 705 g/mol. The molecule has 43 heavy (non-hydrogen) atoms. The van der Waals surface area contributed by atoms with Gasteiger partial charge in [0.05, 0.1) is 11.6 Å². The van der Waals surface area contributed by atoms with E-state index < -0.39 is 0 Å². The molecule has 0 radical (unpaired) electrons. The van der Waals surface area contributed by atoms with Gasteiger partial charge in [0.1, 0.15) is 0 Å². The molecule has 5 heteroatoms. The number of hydrogen-bond acceptors (Lipinski definition) is 1. The molecule has 212 valence electrons. The number of pyridine rings is 1. The molecule has 4 heterocycles. The van der Waals surface area contributed by atoms with E-state index in [0.717, 1.165) is 16.9 Å². The Morgan fingerprint density at radius 1 is 0.814 bits per heavy atom. The summed E-state index contributed by atoms with van der Waals surface area (Å²) in [6.07, 6.45) is 9.49. The predicted octanol–water partition coefficient (Wildman–Crippen LogP) is 8.57. The largest absolute Gasteiger partial charge is 3.00 e. The van der Waals surface area contributed by atoms with Gasteiger partial charge in [0.2, 0.25) is 6.33 Å².